The standard InChI is InChI=1S/C24H30ClN5O4/c1-29-23(32)21(25)20(14-27-29)30-12-11-19(15-30)34-24(33)28-18-9-7-16(8-10-18)13-26-22(31)17-5-3-2-4-6-17/h2-6,14,16,18-19H,7-13,15H2,1H3,(H,26,31)(H,28,33)/t16?,18?,19-/m1/s1. The van der Waals surface area contributed by atoms with E-state index in [0.29, 0.717) is 43.2 Å². The molecule has 0 spiro atoms. The molecule has 2 N–H and O–H groups in total. The largest absolute Gasteiger partial charge is 0.444 e. The Kier molecular flexibility index (Phi) is 7.72. The van der Waals surface area contributed by atoms with Crippen LogP contribution in [0, 0.1) is 5.92 Å². The number of benzene rings is 1. The van der Waals surface area contributed by atoms with Gasteiger partial charge in [-0.15, -0.1) is 0 Å². The van der Waals surface area contributed by atoms with Gasteiger partial charge >= 0.3 is 6.09 Å². The summed E-state index contributed by atoms with van der Waals surface area (Å²) in [7, 11) is 1.55. The number of nitrogens with one attached hydrogen (secondary N) is 2. The van der Waals surface area contributed by atoms with Crippen LogP contribution in [0.4, 0.5) is 10.5 Å². The molecule has 1 saturated heterocycles. The molecule has 0 unspecified atom stereocenters. The first kappa shape index (κ1) is 24.1. The smallest absolute Gasteiger partial charge is 0.407 e. The summed E-state index contributed by atoms with van der Waals surface area (Å²) in [6.45, 7) is 1.74. The maximum Gasteiger partial charge on any atom is 0.407 e. The van der Waals surface area contributed by atoms with Gasteiger partial charge in [-0.3, -0.25) is 9.59 Å². The van der Waals surface area contributed by atoms with Gasteiger partial charge in [0.2, 0.25) is 0 Å². The van der Waals surface area contributed by atoms with Crippen LogP contribution in [-0.4, -0.2) is 53.6 Å². The molecule has 4 rings (SSSR count). The van der Waals surface area contributed by atoms with E-state index in [1.54, 1.807) is 25.4 Å². The highest BCUT2D eigenvalue weighted by molar-refractivity contribution is 6.33. The number of aromatic nitrogens is 2. The second-order valence-corrected chi connectivity index (χ2v) is 9.35. The third-order valence-corrected chi connectivity index (χ3v) is 6.93. The summed E-state index contributed by atoms with van der Waals surface area (Å²) in [5, 5.41) is 10.1. The van der Waals surface area contributed by atoms with Crippen molar-refractivity contribution in [1.29, 1.82) is 0 Å². The molecular weight excluding hydrogens is 458 g/mol. The second kappa shape index (κ2) is 10.9. The number of nitrogens with zero attached hydrogens (tertiary/aromatic N) is 3. The fraction of sp³-hybridized carbons (Fsp3) is 0.500. The van der Waals surface area contributed by atoms with Crippen molar-refractivity contribution < 1.29 is 14.3 Å². The molecule has 0 bridgehead atoms. The van der Waals surface area contributed by atoms with E-state index in [4.69, 9.17) is 16.3 Å². The average molecular weight is 488 g/mol. The third-order valence-electron chi connectivity index (χ3n) is 6.58. The lowest BCUT2D eigenvalue weighted by Gasteiger charge is -2.29. The molecule has 34 heavy (non-hydrogen) atoms. The van der Waals surface area contributed by atoms with Crippen LogP contribution in [0.3, 0.4) is 0 Å². The van der Waals surface area contributed by atoms with Crippen LogP contribution < -0.4 is 21.1 Å². The first-order chi connectivity index (χ1) is 16.4. The molecule has 2 aliphatic rings. The molecule has 1 saturated carbocycles. The van der Waals surface area contributed by atoms with E-state index in [2.05, 4.69) is 15.7 Å². The van der Waals surface area contributed by atoms with Crippen LogP contribution in [0.25, 0.3) is 0 Å². The Balaban J connectivity index is 1.17. The monoisotopic (exact) mass is 487 g/mol. The van der Waals surface area contributed by atoms with Gasteiger partial charge in [-0.25, -0.2) is 9.48 Å². The van der Waals surface area contributed by atoms with E-state index in [-0.39, 0.29) is 28.6 Å². The van der Waals surface area contributed by atoms with E-state index in [0.717, 1.165) is 25.7 Å². The van der Waals surface area contributed by atoms with Crippen molar-refractivity contribution in [1.82, 2.24) is 20.4 Å². The molecule has 1 aliphatic heterocycles. The topological polar surface area (TPSA) is 106 Å². The number of carbonyl (C=O) groups excluding carboxylic acids is 2. The Hall–Kier alpha value is -3.07. The van der Waals surface area contributed by atoms with Crippen LogP contribution in [0.15, 0.2) is 41.3 Å². The van der Waals surface area contributed by atoms with Crippen molar-refractivity contribution in [2.75, 3.05) is 24.5 Å². The number of hydrogen-bond acceptors (Lipinski definition) is 6. The first-order valence-corrected chi connectivity index (χ1v) is 12.1. The Morgan fingerprint density at radius 3 is 2.62 bits per heavy atom. The molecule has 0 radical (unpaired) electrons. The van der Waals surface area contributed by atoms with Gasteiger partial charge in [0, 0.05) is 38.2 Å². The molecule has 1 aromatic heterocycles. The van der Waals surface area contributed by atoms with Gasteiger partial charge in [0.05, 0.1) is 18.4 Å². The minimum absolute atomic E-state index is 0.0528. The molecule has 2 heterocycles. The third kappa shape index (κ3) is 5.88. The minimum Gasteiger partial charge on any atom is -0.444 e. The van der Waals surface area contributed by atoms with Gasteiger partial charge in [-0.2, -0.15) is 5.10 Å². The molecule has 2 aromatic rings. The number of carbonyl (C=O) groups is 2. The van der Waals surface area contributed by atoms with Crippen LogP contribution in [0.5, 0.6) is 0 Å². The number of hydrogen-bond donors (Lipinski definition) is 2. The van der Waals surface area contributed by atoms with E-state index < -0.39 is 6.09 Å². The normalized spacial score (nSPS) is 22.3. The van der Waals surface area contributed by atoms with Crippen LogP contribution in [-0.2, 0) is 11.8 Å². The van der Waals surface area contributed by atoms with E-state index in [9.17, 15) is 14.4 Å². The molecule has 1 atom stereocenters. The molecule has 1 aliphatic carbocycles. The molecule has 2 fully saturated rings. The zero-order chi connectivity index (χ0) is 24.1. The first-order valence-electron chi connectivity index (χ1n) is 11.7. The summed E-state index contributed by atoms with van der Waals surface area (Å²) in [6, 6.07) is 9.27. The number of ether oxygens (including phenoxy) is 1. The summed E-state index contributed by atoms with van der Waals surface area (Å²) in [6.07, 6.45) is 5.11. The van der Waals surface area contributed by atoms with E-state index >= 15 is 0 Å². The summed E-state index contributed by atoms with van der Waals surface area (Å²) < 4.78 is 6.81. The van der Waals surface area contributed by atoms with Gasteiger partial charge in [-0.1, -0.05) is 29.8 Å². The van der Waals surface area contributed by atoms with Gasteiger partial charge in [0.25, 0.3) is 11.5 Å². The molecule has 2 amide bonds. The second-order valence-electron chi connectivity index (χ2n) is 8.97. The van der Waals surface area contributed by atoms with Crippen molar-refractivity contribution in [2.24, 2.45) is 13.0 Å². The summed E-state index contributed by atoms with van der Waals surface area (Å²) >= 11 is 6.19. The van der Waals surface area contributed by atoms with Crippen molar-refractivity contribution in [2.45, 2.75) is 44.2 Å². The van der Waals surface area contributed by atoms with Crippen molar-refractivity contribution in [3.63, 3.8) is 0 Å². The Morgan fingerprint density at radius 2 is 1.88 bits per heavy atom. The highest BCUT2D eigenvalue weighted by Crippen LogP contribution is 2.27. The summed E-state index contributed by atoms with van der Waals surface area (Å²) in [5.74, 6) is 0.352. The number of aryl methyl sites for hydroxylation is 1. The van der Waals surface area contributed by atoms with E-state index in [1.165, 1.54) is 4.68 Å². The molecule has 9 nitrogen and oxygen atoms in total. The SMILES string of the molecule is Cn1ncc(N2CC[C@@H](OC(=O)NC3CCC(CNC(=O)c4ccccc4)CC3)C2)c(Cl)c1=O. The van der Waals surface area contributed by atoms with Gasteiger partial charge in [-0.05, 0) is 43.7 Å². The van der Waals surface area contributed by atoms with Crippen LogP contribution in [0.1, 0.15) is 42.5 Å². The van der Waals surface area contributed by atoms with Gasteiger partial charge in [0.1, 0.15) is 11.1 Å². The lowest BCUT2D eigenvalue weighted by atomic mass is 9.86. The Bertz CT molecular complexity index is 1070. The fourth-order valence-corrected chi connectivity index (χ4v) is 4.85. The van der Waals surface area contributed by atoms with Crippen molar-refractivity contribution >= 4 is 29.3 Å². The van der Waals surface area contributed by atoms with Crippen LogP contribution in [0.2, 0.25) is 5.02 Å². The number of rotatable bonds is 6. The Labute approximate surface area is 203 Å². The molecular formula is C24H30ClN5O4. The maximum atomic E-state index is 12.4. The number of alkyl carbamates (subject to hydrolysis) is 1. The zero-order valence-electron chi connectivity index (χ0n) is 19.2. The minimum atomic E-state index is -0.416. The van der Waals surface area contributed by atoms with E-state index in [1.807, 2.05) is 23.1 Å². The fourth-order valence-electron chi connectivity index (χ4n) is 4.56. The lowest BCUT2D eigenvalue weighted by molar-refractivity contribution is 0.0940. The Morgan fingerprint density at radius 1 is 1.15 bits per heavy atom. The highest BCUT2D eigenvalue weighted by atomic mass is 35.5. The number of halogens is 1. The molecule has 182 valence electrons. The van der Waals surface area contributed by atoms with Crippen molar-refractivity contribution in [3.05, 3.63) is 57.5 Å². The lowest BCUT2D eigenvalue weighted by Crippen LogP contribution is -2.41. The zero-order valence-corrected chi connectivity index (χ0v) is 20.0. The number of anilines is 1. The quantitative estimate of drug-likeness (QED) is 0.649. The van der Waals surface area contributed by atoms with Crippen LogP contribution >= 0.6 is 11.6 Å². The predicted molar refractivity (Wildman–Crippen MR) is 129 cm³/mol. The molecule has 1 aromatic carbocycles. The summed E-state index contributed by atoms with van der Waals surface area (Å²) in [5.41, 5.74) is 0.879. The maximum absolute atomic E-state index is 12.4. The highest BCUT2D eigenvalue weighted by Gasteiger charge is 2.29. The summed E-state index contributed by atoms with van der Waals surface area (Å²) in [4.78, 5) is 38.6. The number of amides is 2. The predicted octanol–water partition coefficient (Wildman–Crippen LogP) is 2.73. The molecule has 10 heteroatoms. The average Bonchev–Trinajstić information content (AvgIpc) is 3.30. The van der Waals surface area contributed by atoms with Gasteiger partial charge in [0.15, 0.2) is 0 Å². The van der Waals surface area contributed by atoms with Crippen molar-refractivity contribution in [3.8, 4) is 0 Å². The van der Waals surface area contributed by atoms with Gasteiger partial charge < -0.3 is 20.3 Å².